The van der Waals surface area contributed by atoms with E-state index in [2.05, 4.69) is 4.98 Å². The molecule has 1 heterocycles. The minimum Gasteiger partial charge on any atom is -0.492 e. The Morgan fingerprint density at radius 1 is 1.25 bits per heavy atom. The van der Waals surface area contributed by atoms with E-state index >= 15 is 0 Å². The highest BCUT2D eigenvalue weighted by Gasteiger charge is 2.11. The molecular formula is C15H16N2O3. The fourth-order valence-corrected chi connectivity index (χ4v) is 1.72. The van der Waals surface area contributed by atoms with Crippen LogP contribution in [0.1, 0.15) is 10.4 Å². The van der Waals surface area contributed by atoms with Gasteiger partial charge in [-0.3, -0.25) is 9.59 Å². The smallest absolute Gasteiger partial charge is 0.253 e. The maximum Gasteiger partial charge on any atom is 0.253 e. The molecule has 1 aromatic heterocycles. The van der Waals surface area contributed by atoms with Crippen molar-refractivity contribution in [1.29, 1.82) is 0 Å². The van der Waals surface area contributed by atoms with Crippen LogP contribution in [0.4, 0.5) is 0 Å². The monoisotopic (exact) mass is 272 g/mol. The minimum atomic E-state index is -0.287. The molecule has 0 atom stereocenters. The molecule has 0 radical (unpaired) electrons. The minimum absolute atomic E-state index is 0.201. The highest BCUT2D eigenvalue weighted by Crippen LogP contribution is 2.08. The summed E-state index contributed by atoms with van der Waals surface area (Å²) in [6.07, 6.45) is 1.46. The van der Waals surface area contributed by atoms with Gasteiger partial charge >= 0.3 is 0 Å². The van der Waals surface area contributed by atoms with Crippen molar-refractivity contribution in [3.63, 3.8) is 0 Å². The van der Waals surface area contributed by atoms with Gasteiger partial charge in [-0.05, 0) is 18.2 Å². The second kappa shape index (κ2) is 6.56. The number of nitrogens with zero attached hydrogens (tertiary/aromatic N) is 1. The van der Waals surface area contributed by atoms with Gasteiger partial charge in [0.05, 0.1) is 6.54 Å². The Balaban J connectivity index is 1.87. The zero-order valence-corrected chi connectivity index (χ0v) is 11.2. The van der Waals surface area contributed by atoms with Crippen LogP contribution in [0, 0.1) is 0 Å². The molecule has 20 heavy (non-hydrogen) atoms. The van der Waals surface area contributed by atoms with Gasteiger partial charge in [0.25, 0.3) is 5.91 Å². The summed E-state index contributed by atoms with van der Waals surface area (Å²) in [6, 6.07) is 12.3. The summed E-state index contributed by atoms with van der Waals surface area (Å²) >= 11 is 0. The number of pyridine rings is 1. The van der Waals surface area contributed by atoms with E-state index in [0.717, 1.165) is 5.75 Å². The lowest BCUT2D eigenvalue weighted by molar-refractivity contribution is 0.0773. The van der Waals surface area contributed by atoms with Crippen molar-refractivity contribution in [2.45, 2.75) is 0 Å². The zero-order valence-electron chi connectivity index (χ0n) is 11.2. The number of ether oxygens (including phenoxy) is 1. The van der Waals surface area contributed by atoms with Crippen LogP contribution in [0.3, 0.4) is 0 Å². The van der Waals surface area contributed by atoms with Crippen LogP contribution >= 0.6 is 0 Å². The van der Waals surface area contributed by atoms with Crippen LogP contribution in [0.5, 0.6) is 5.75 Å². The number of nitrogens with one attached hydrogen (secondary N) is 1. The molecule has 5 heteroatoms. The third-order valence-electron chi connectivity index (χ3n) is 2.81. The van der Waals surface area contributed by atoms with E-state index in [-0.39, 0.29) is 11.5 Å². The van der Waals surface area contributed by atoms with E-state index in [0.29, 0.717) is 18.7 Å². The number of aromatic amines is 1. The SMILES string of the molecule is CN(CCOc1ccccc1)C(=O)c1cc[nH]c(=O)c1. The third kappa shape index (κ3) is 3.71. The summed E-state index contributed by atoms with van der Waals surface area (Å²) in [7, 11) is 1.68. The maximum absolute atomic E-state index is 12.1. The fourth-order valence-electron chi connectivity index (χ4n) is 1.72. The number of para-hydroxylation sites is 1. The quantitative estimate of drug-likeness (QED) is 0.897. The molecule has 1 amide bonds. The first-order valence-corrected chi connectivity index (χ1v) is 6.29. The van der Waals surface area contributed by atoms with Crippen LogP contribution in [-0.4, -0.2) is 36.0 Å². The molecule has 0 saturated carbocycles. The fraction of sp³-hybridized carbons (Fsp3) is 0.200. The first kappa shape index (κ1) is 13.9. The average molecular weight is 272 g/mol. The second-order valence-corrected chi connectivity index (χ2v) is 4.33. The Morgan fingerprint density at radius 3 is 2.70 bits per heavy atom. The predicted octanol–water partition coefficient (Wildman–Crippen LogP) is 1.53. The Kier molecular flexibility index (Phi) is 4.55. The molecule has 1 N–H and O–H groups in total. The number of amides is 1. The Bertz CT molecular complexity index is 622. The molecule has 0 saturated heterocycles. The maximum atomic E-state index is 12.1. The molecule has 0 aliphatic rings. The van der Waals surface area contributed by atoms with Crippen LogP contribution in [0.25, 0.3) is 0 Å². The highest BCUT2D eigenvalue weighted by molar-refractivity contribution is 5.93. The lowest BCUT2D eigenvalue weighted by Crippen LogP contribution is -2.31. The lowest BCUT2D eigenvalue weighted by atomic mass is 10.2. The molecule has 1 aromatic carbocycles. The molecule has 0 bridgehead atoms. The van der Waals surface area contributed by atoms with Crippen molar-refractivity contribution in [1.82, 2.24) is 9.88 Å². The van der Waals surface area contributed by atoms with Crippen LogP contribution in [-0.2, 0) is 0 Å². The third-order valence-corrected chi connectivity index (χ3v) is 2.81. The first-order chi connectivity index (χ1) is 9.66. The number of likely N-dealkylation sites (N-methyl/N-ethyl adjacent to an activating group) is 1. The normalized spacial score (nSPS) is 10.1. The van der Waals surface area contributed by atoms with Gasteiger partial charge in [-0.2, -0.15) is 0 Å². The number of benzene rings is 1. The van der Waals surface area contributed by atoms with Gasteiger partial charge in [-0.15, -0.1) is 0 Å². The molecule has 0 fully saturated rings. The van der Waals surface area contributed by atoms with Crippen molar-refractivity contribution in [2.24, 2.45) is 0 Å². The molecule has 104 valence electrons. The predicted molar refractivity (Wildman–Crippen MR) is 76.0 cm³/mol. The second-order valence-electron chi connectivity index (χ2n) is 4.33. The summed E-state index contributed by atoms with van der Waals surface area (Å²) in [5.74, 6) is 0.567. The van der Waals surface area contributed by atoms with Crippen LogP contribution in [0.2, 0.25) is 0 Å². The number of aromatic nitrogens is 1. The summed E-state index contributed by atoms with van der Waals surface area (Å²) in [6.45, 7) is 0.843. The van der Waals surface area contributed by atoms with Crippen molar-refractivity contribution in [2.75, 3.05) is 20.2 Å². The molecule has 0 aliphatic carbocycles. The van der Waals surface area contributed by atoms with Crippen molar-refractivity contribution in [3.8, 4) is 5.75 Å². The molecular weight excluding hydrogens is 256 g/mol. The van der Waals surface area contributed by atoms with Gasteiger partial charge in [-0.25, -0.2) is 0 Å². The van der Waals surface area contributed by atoms with E-state index in [1.54, 1.807) is 13.1 Å². The molecule has 2 rings (SSSR count). The van der Waals surface area contributed by atoms with Crippen molar-refractivity contribution < 1.29 is 9.53 Å². The van der Waals surface area contributed by atoms with Gasteiger partial charge in [0, 0.05) is 24.9 Å². The van der Waals surface area contributed by atoms with E-state index < -0.39 is 0 Å². The molecule has 0 aliphatic heterocycles. The number of carbonyl (C=O) groups excluding carboxylic acids is 1. The van der Waals surface area contributed by atoms with Gasteiger partial charge in [0.15, 0.2) is 0 Å². The highest BCUT2D eigenvalue weighted by atomic mass is 16.5. The van der Waals surface area contributed by atoms with Gasteiger partial charge in [-0.1, -0.05) is 18.2 Å². The number of rotatable bonds is 5. The van der Waals surface area contributed by atoms with Gasteiger partial charge < -0.3 is 14.6 Å². The average Bonchev–Trinajstić information content (AvgIpc) is 2.47. The summed E-state index contributed by atoms with van der Waals surface area (Å²) < 4.78 is 5.52. The standard InChI is InChI=1S/C15H16N2O3/c1-17(9-10-20-13-5-3-2-4-6-13)15(19)12-7-8-16-14(18)11-12/h2-8,11H,9-10H2,1H3,(H,16,18). The number of carbonyl (C=O) groups is 1. The lowest BCUT2D eigenvalue weighted by Gasteiger charge is -2.17. The van der Waals surface area contributed by atoms with Crippen molar-refractivity contribution >= 4 is 5.91 Å². The molecule has 0 spiro atoms. The molecule has 5 nitrogen and oxygen atoms in total. The number of hydrogen-bond donors (Lipinski definition) is 1. The van der Waals surface area contributed by atoms with E-state index in [9.17, 15) is 9.59 Å². The Hall–Kier alpha value is -2.56. The Labute approximate surface area is 116 Å². The topological polar surface area (TPSA) is 62.4 Å². The van der Waals surface area contributed by atoms with E-state index in [4.69, 9.17) is 4.74 Å². The van der Waals surface area contributed by atoms with E-state index in [1.807, 2.05) is 30.3 Å². The van der Waals surface area contributed by atoms with E-state index in [1.165, 1.54) is 17.2 Å². The molecule has 0 unspecified atom stereocenters. The summed E-state index contributed by atoms with van der Waals surface area (Å²) in [4.78, 5) is 27.2. The van der Waals surface area contributed by atoms with Gasteiger partial charge in [0.1, 0.15) is 12.4 Å². The Morgan fingerprint density at radius 2 is 2.00 bits per heavy atom. The number of hydrogen-bond acceptors (Lipinski definition) is 3. The first-order valence-electron chi connectivity index (χ1n) is 6.29. The number of H-pyrrole nitrogens is 1. The summed E-state index contributed by atoms with van der Waals surface area (Å²) in [5, 5.41) is 0. The molecule has 2 aromatic rings. The van der Waals surface area contributed by atoms with Crippen molar-refractivity contribution in [3.05, 3.63) is 64.6 Å². The largest absolute Gasteiger partial charge is 0.492 e. The van der Waals surface area contributed by atoms with Crippen LogP contribution in [0.15, 0.2) is 53.5 Å². The summed E-state index contributed by atoms with van der Waals surface area (Å²) in [5.41, 5.74) is 0.0840. The van der Waals surface area contributed by atoms with Gasteiger partial charge in [0.2, 0.25) is 5.56 Å². The van der Waals surface area contributed by atoms with Crippen LogP contribution < -0.4 is 10.3 Å². The zero-order chi connectivity index (χ0) is 14.4.